The van der Waals surface area contributed by atoms with Crippen molar-refractivity contribution in [1.29, 1.82) is 0 Å². The monoisotopic (exact) mass is 470 g/mol. The van der Waals surface area contributed by atoms with Crippen LogP contribution in [-0.2, 0) is 19.1 Å². The molecule has 7 heteroatoms. The predicted molar refractivity (Wildman–Crippen MR) is 126 cm³/mol. The highest BCUT2D eigenvalue weighted by Crippen LogP contribution is 2.63. The number of fused-ring (bicyclic) bond motifs is 6. The highest BCUT2D eigenvalue weighted by molar-refractivity contribution is 6.31. The van der Waals surface area contributed by atoms with Gasteiger partial charge in [0.15, 0.2) is 0 Å². The maximum Gasteiger partial charge on any atom is 0.330 e. The molecule has 1 saturated carbocycles. The van der Waals surface area contributed by atoms with Crippen molar-refractivity contribution in [3.63, 3.8) is 0 Å². The molecule has 0 spiro atoms. The molecule has 0 N–H and O–H groups in total. The van der Waals surface area contributed by atoms with Gasteiger partial charge in [-0.2, -0.15) is 0 Å². The Hall–Kier alpha value is -2.99. The number of rotatable bonds is 10. The van der Waals surface area contributed by atoms with E-state index in [4.69, 9.17) is 30.5 Å². The minimum absolute atomic E-state index is 0.123. The zero-order valence-corrected chi connectivity index (χ0v) is 19.4. The fourth-order valence-electron chi connectivity index (χ4n) is 5.15. The lowest BCUT2D eigenvalue weighted by Crippen LogP contribution is -2.14. The Bertz CT molecular complexity index is 1110. The summed E-state index contributed by atoms with van der Waals surface area (Å²) < 4.78 is 22.6. The zero-order valence-electron chi connectivity index (χ0n) is 18.6. The molecule has 33 heavy (non-hydrogen) atoms. The summed E-state index contributed by atoms with van der Waals surface area (Å²) in [6.07, 6.45) is 4.44. The SMILES string of the molecule is C=CC(=O)OCCOc1c2c(c(OCCOC(=O)C=C)c3cc(Cl)ccc13)C1CCC2C1C. The zero-order chi connectivity index (χ0) is 23.5. The molecule has 6 nitrogen and oxygen atoms in total. The smallest absolute Gasteiger partial charge is 0.330 e. The molecule has 174 valence electrons. The molecular formula is C26H27ClO6. The lowest BCUT2D eigenvalue weighted by molar-refractivity contribution is -0.139. The van der Waals surface area contributed by atoms with E-state index in [1.165, 1.54) is 5.56 Å². The first kappa shape index (κ1) is 23.2. The molecule has 0 amide bonds. The van der Waals surface area contributed by atoms with E-state index in [0.29, 0.717) is 22.8 Å². The average Bonchev–Trinajstić information content (AvgIpc) is 3.32. The Balaban J connectivity index is 1.71. The van der Waals surface area contributed by atoms with Crippen molar-refractivity contribution in [3.8, 4) is 11.5 Å². The number of carbonyl (C=O) groups excluding carboxylic acids is 2. The van der Waals surface area contributed by atoms with Crippen LogP contribution < -0.4 is 9.47 Å². The van der Waals surface area contributed by atoms with Gasteiger partial charge in [0.25, 0.3) is 0 Å². The fourth-order valence-corrected chi connectivity index (χ4v) is 5.33. The number of ether oxygens (including phenoxy) is 4. The Kier molecular flexibility index (Phi) is 6.94. The normalized spacial score (nSPS) is 20.2. The molecule has 0 aromatic heterocycles. The minimum Gasteiger partial charge on any atom is -0.489 e. The van der Waals surface area contributed by atoms with E-state index in [-0.39, 0.29) is 26.4 Å². The van der Waals surface area contributed by atoms with Crippen LogP contribution in [0.1, 0.15) is 42.7 Å². The van der Waals surface area contributed by atoms with Gasteiger partial charge < -0.3 is 18.9 Å². The van der Waals surface area contributed by atoms with Crippen LogP contribution in [0.2, 0.25) is 5.02 Å². The van der Waals surface area contributed by atoms with Crippen molar-refractivity contribution < 1.29 is 28.5 Å². The second-order valence-corrected chi connectivity index (χ2v) is 8.70. The third-order valence-corrected chi connectivity index (χ3v) is 6.77. The Morgan fingerprint density at radius 1 is 0.909 bits per heavy atom. The van der Waals surface area contributed by atoms with Crippen molar-refractivity contribution in [1.82, 2.24) is 0 Å². The van der Waals surface area contributed by atoms with Gasteiger partial charge in [0.05, 0.1) is 0 Å². The van der Waals surface area contributed by atoms with Crippen LogP contribution in [0.3, 0.4) is 0 Å². The summed E-state index contributed by atoms with van der Waals surface area (Å²) in [6, 6.07) is 5.64. The topological polar surface area (TPSA) is 71.1 Å². The van der Waals surface area contributed by atoms with Crippen molar-refractivity contribution >= 4 is 34.3 Å². The van der Waals surface area contributed by atoms with Gasteiger partial charge >= 0.3 is 11.9 Å². The van der Waals surface area contributed by atoms with Crippen LogP contribution >= 0.6 is 11.6 Å². The summed E-state index contributed by atoms with van der Waals surface area (Å²) in [4.78, 5) is 22.8. The molecule has 0 heterocycles. The van der Waals surface area contributed by atoms with Gasteiger partial charge in [0.1, 0.15) is 37.9 Å². The number of esters is 2. The van der Waals surface area contributed by atoms with Crippen molar-refractivity contribution in [2.75, 3.05) is 26.4 Å². The van der Waals surface area contributed by atoms with Gasteiger partial charge in [-0.3, -0.25) is 0 Å². The Morgan fingerprint density at radius 2 is 1.42 bits per heavy atom. The Morgan fingerprint density at radius 3 is 1.94 bits per heavy atom. The highest BCUT2D eigenvalue weighted by atomic mass is 35.5. The summed E-state index contributed by atoms with van der Waals surface area (Å²) >= 11 is 6.36. The van der Waals surface area contributed by atoms with Gasteiger partial charge in [-0.05, 0) is 48.8 Å². The first-order valence-electron chi connectivity index (χ1n) is 11.1. The molecular weight excluding hydrogens is 444 g/mol. The first-order chi connectivity index (χ1) is 16.0. The molecule has 2 aliphatic carbocycles. The van der Waals surface area contributed by atoms with E-state index in [1.54, 1.807) is 0 Å². The third-order valence-electron chi connectivity index (χ3n) is 6.53. The van der Waals surface area contributed by atoms with E-state index in [9.17, 15) is 9.59 Å². The fraction of sp³-hybridized carbons (Fsp3) is 0.385. The molecule has 2 aromatic rings. The van der Waals surface area contributed by atoms with E-state index < -0.39 is 11.9 Å². The summed E-state index contributed by atoms with van der Waals surface area (Å²) in [7, 11) is 0. The third kappa shape index (κ3) is 4.44. The van der Waals surface area contributed by atoms with Gasteiger partial charge in [-0.1, -0.05) is 31.7 Å². The second-order valence-electron chi connectivity index (χ2n) is 8.27. The number of hydrogen-bond donors (Lipinski definition) is 0. The van der Waals surface area contributed by atoms with Crippen LogP contribution in [0.4, 0.5) is 0 Å². The van der Waals surface area contributed by atoms with E-state index in [0.717, 1.165) is 52.8 Å². The van der Waals surface area contributed by atoms with Crippen LogP contribution in [0.15, 0.2) is 43.5 Å². The summed E-state index contributed by atoms with van der Waals surface area (Å²) in [6.45, 7) is 9.79. The summed E-state index contributed by atoms with van der Waals surface area (Å²) in [5, 5.41) is 2.34. The van der Waals surface area contributed by atoms with Crippen molar-refractivity contribution in [3.05, 3.63) is 59.7 Å². The van der Waals surface area contributed by atoms with Gasteiger partial charge in [-0.25, -0.2) is 9.59 Å². The molecule has 2 aliphatic rings. The molecule has 2 aromatic carbocycles. The maximum atomic E-state index is 11.4. The molecule has 0 saturated heterocycles. The minimum atomic E-state index is -0.481. The van der Waals surface area contributed by atoms with Crippen LogP contribution in [0.25, 0.3) is 10.8 Å². The largest absolute Gasteiger partial charge is 0.489 e. The van der Waals surface area contributed by atoms with Crippen LogP contribution in [0, 0.1) is 5.92 Å². The number of halogens is 1. The number of carbonyl (C=O) groups is 2. The molecule has 0 radical (unpaired) electrons. The van der Waals surface area contributed by atoms with Crippen molar-refractivity contribution in [2.24, 2.45) is 5.92 Å². The molecule has 3 unspecified atom stereocenters. The summed E-state index contributed by atoms with van der Waals surface area (Å²) in [5.41, 5.74) is 2.32. The van der Waals surface area contributed by atoms with Crippen molar-refractivity contribution in [2.45, 2.75) is 31.6 Å². The summed E-state index contributed by atoms with van der Waals surface area (Å²) in [5.74, 6) is 1.82. The van der Waals surface area contributed by atoms with Gasteiger partial charge in [-0.15, -0.1) is 0 Å². The standard InChI is InChI=1S/C26H27ClO6/c1-4-21(28)30-10-12-32-25-19-7-6-16(27)14-20(19)26(33-13-11-31-22(29)5-2)24-18-9-8-17(15(18)3)23(24)25/h4-7,14-15,17-18H,1-2,8-13H2,3H3. The second kappa shape index (κ2) is 9.87. The van der Waals surface area contributed by atoms with Gasteiger partial charge in [0.2, 0.25) is 0 Å². The van der Waals surface area contributed by atoms with E-state index in [2.05, 4.69) is 20.1 Å². The van der Waals surface area contributed by atoms with Gasteiger partial charge in [0, 0.05) is 39.1 Å². The quantitative estimate of drug-likeness (QED) is 0.266. The lowest BCUT2D eigenvalue weighted by atomic mass is 9.87. The average molecular weight is 471 g/mol. The molecule has 2 bridgehead atoms. The molecule has 1 fully saturated rings. The Labute approximate surface area is 198 Å². The number of hydrogen-bond acceptors (Lipinski definition) is 6. The predicted octanol–water partition coefficient (Wildman–Crippen LogP) is 5.32. The first-order valence-corrected chi connectivity index (χ1v) is 11.5. The van der Waals surface area contributed by atoms with Crippen LogP contribution in [0.5, 0.6) is 11.5 Å². The molecule has 3 atom stereocenters. The van der Waals surface area contributed by atoms with E-state index >= 15 is 0 Å². The van der Waals surface area contributed by atoms with Crippen LogP contribution in [-0.4, -0.2) is 38.4 Å². The molecule has 4 rings (SSSR count). The number of benzene rings is 2. The van der Waals surface area contributed by atoms with E-state index in [1.807, 2.05) is 18.2 Å². The lowest BCUT2D eigenvalue weighted by Gasteiger charge is -2.25. The molecule has 0 aliphatic heterocycles. The maximum absolute atomic E-state index is 11.4. The highest BCUT2D eigenvalue weighted by Gasteiger charge is 2.47.